The molecule has 2 N–H and O–H groups in total. The van der Waals surface area contributed by atoms with Gasteiger partial charge in [-0.2, -0.15) is 0 Å². The molecule has 0 saturated heterocycles. The monoisotopic (exact) mass is 196 g/mol. The van der Waals surface area contributed by atoms with Crippen LogP contribution in [0.15, 0.2) is 23.7 Å². The Morgan fingerprint density at radius 2 is 1.50 bits per heavy atom. The maximum Gasteiger partial charge on any atom is 0.152 e. The predicted octanol–water partition coefficient (Wildman–Crippen LogP) is 4.00. The first-order chi connectivity index (χ1) is 6.80. The van der Waals surface area contributed by atoms with E-state index < -0.39 is 0 Å². The van der Waals surface area contributed by atoms with Gasteiger partial charge in [0.05, 0.1) is 0 Å². The van der Waals surface area contributed by atoms with Crippen molar-refractivity contribution in [3.63, 3.8) is 0 Å². The van der Waals surface area contributed by atoms with Gasteiger partial charge in [0.2, 0.25) is 0 Å². The fourth-order valence-corrected chi connectivity index (χ4v) is 1.68. The normalized spacial score (nSPS) is 28.9. The highest BCUT2D eigenvalue weighted by molar-refractivity contribution is 5.14. The van der Waals surface area contributed by atoms with Crippen LogP contribution in [0.2, 0.25) is 0 Å². The van der Waals surface area contributed by atoms with Gasteiger partial charge in [0.25, 0.3) is 0 Å². The number of aliphatic hydroxyl groups is 2. The third-order valence-corrected chi connectivity index (χ3v) is 2.61. The van der Waals surface area contributed by atoms with Crippen LogP contribution in [0.3, 0.4) is 0 Å². The van der Waals surface area contributed by atoms with Crippen LogP contribution in [0.25, 0.3) is 0 Å². The zero-order valence-corrected chi connectivity index (χ0v) is 8.71. The lowest BCUT2D eigenvalue weighted by atomic mass is 10.1. The van der Waals surface area contributed by atoms with E-state index >= 15 is 0 Å². The van der Waals surface area contributed by atoms with Crippen LogP contribution in [-0.2, 0) is 0 Å². The number of hydrogen-bond donors (Lipinski definition) is 2. The van der Waals surface area contributed by atoms with Crippen LogP contribution < -0.4 is 0 Å². The van der Waals surface area contributed by atoms with E-state index in [1.165, 1.54) is 25.7 Å². The van der Waals surface area contributed by atoms with Crippen LogP contribution in [0.5, 0.6) is 0 Å². The van der Waals surface area contributed by atoms with Crippen LogP contribution in [0.4, 0.5) is 0 Å². The third-order valence-electron chi connectivity index (χ3n) is 2.61. The number of aliphatic hydroxyl groups excluding tert-OH is 2. The SMILES string of the molecule is OC1=C(\O)CCCCCCCC/C=C\1. The second-order valence-corrected chi connectivity index (χ2v) is 3.89. The van der Waals surface area contributed by atoms with E-state index in [4.69, 9.17) is 0 Å². The summed E-state index contributed by atoms with van der Waals surface area (Å²) in [5.41, 5.74) is 0. The van der Waals surface area contributed by atoms with Crippen molar-refractivity contribution in [2.24, 2.45) is 0 Å². The van der Waals surface area contributed by atoms with Crippen molar-refractivity contribution in [1.29, 1.82) is 0 Å². The minimum absolute atomic E-state index is 0.0468. The summed E-state index contributed by atoms with van der Waals surface area (Å²) >= 11 is 0. The molecule has 0 saturated carbocycles. The number of allylic oxidation sites excluding steroid dienone is 3. The largest absolute Gasteiger partial charge is 0.508 e. The van der Waals surface area contributed by atoms with Gasteiger partial charge in [-0.25, -0.2) is 0 Å². The average Bonchev–Trinajstić information content (AvgIpc) is 2.18. The molecule has 0 bridgehead atoms. The molecular formula is C12H20O2. The van der Waals surface area contributed by atoms with Crippen LogP contribution >= 0.6 is 0 Å². The second kappa shape index (κ2) is 6.52. The quantitative estimate of drug-likeness (QED) is 0.614. The molecule has 0 fully saturated rings. The van der Waals surface area contributed by atoms with Gasteiger partial charge in [0.15, 0.2) is 5.76 Å². The standard InChI is InChI=1S/C12H20O2/c13-11-9-7-5-3-1-2-4-6-8-10-12(11)14/h7,9,13-14H,1-6,8,10H2/b9-7-,12-11-. The van der Waals surface area contributed by atoms with E-state index in [-0.39, 0.29) is 11.5 Å². The number of rotatable bonds is 0. The van der Waals surface area contributed by atoms with Gasteiger partial charge in [-0.15, -0.1) is 0 Å². The fourth-order valence-electron chi connectivity index (χ4n) is 1.68. The molecule has 0 aromatic carbocycles. The first kappa shape index (κ1) is 11.2. The summed E-state index contributed by atoms with van der Waals surface area (Å²) < 4.78 is 0. The maximum atomic E-state index is 9.44. The Labute approximate surface area is 86.0 Å². The third kappa shape index (κ3) is 4.35. The molecule has 0 amide bonds. The molecular weight excluding hydrogens is 176 g/mol. The van der Waals surface area contributed by atoms with E-state index in [0.29, 0.717) is 6.42 Å². The van der Waals surface area contributed by atoms with Crippen LogP contribution in [0, 0.1) is 0 Å². The Morgan fingerprint density at radius 1 is 0.857 bits per heavy atom. The van der Waals surface area contributed by atoms with Crippen LogP contribution in [0.1, 0.15) is 51.4 Å². The highest BCUT2D eigenvalue weighted by Crippen LogP contribution is 2.15. The van der Waals surface area contributed by atoms with Crippen molar-refractivity contribution in [3.05, 3.63) is 23.7 Å². The molecule has 0 spiro atoms. The lowest BCUT2D eigenvalue weighted by Crippen LogP contribution is -1.90. The van der Waals surface area contributed by atoms with Gasteiger partial charge in [-0.05, 0) is 25.3 Å². The van der Waals surface area contributed by atoms with E-state index in [9.17, 15) is 10.2 Å². The zero-order chi connectivity index (χ0) is 10.2. The van der Waals surface area contributed by atoms with E-state index in [2.05, 4.69) is 0 Å². The highest BCUT2D eigenvalue weighted by atomic mass is 16.3. The summed E-state index contributed by atoms with van der Waals surface area (Å²) in [5.74, 6) is 0.187. The predicted molar refractivity (Wildman–Crippen MR) is 58.4 cm³/mol. The molecule has 1 aliphatic rings. The minimum Gasteiger partial charge on any atom is -0.508 e. The summed E-state index contributed by atoms with van der Waals surface area (Å²) in [6, 6.07) is 0. The molecule has 0 unspecified atom stereocenters. The molecule has 80 valence electrons. The van der Waals surface area contributed by atoms with Gasteiger partial charge in [-0.3, -0.25) is 0 Å². The summed E-state index contributed by atoms with van der Waals surface area (Å²) in [6.45, 7) is 0. The first-order valence-corrected chi connectivity index (χ1v) is 5.58. The molecule has 2 heteroatoms. The molecule has 0 atom stereocenters. The average molecular weight is 196 g/mol. The lowest BCUT2D eigenvalue weighted by Gasteiger charge is -2.04. The Hall–Kier alpha value is -0.920. The molecule has 0 radical (unpaired) electrons. The molecule has 0 aromatic heterocycles. The Bertz CT molecular complexity index is 216. The zero-order valence-electron chi connectivity index (χ0n) is 8.71. The van der Waals surface area contributed by atoms with Gasteiger partial charge in [0.1, 0.15) is 5.76 Å². The Morgan fingerprint density at radius 3 is 2.29 bits per heavy atom. The molecule has 0 aliphatic heterocycles. The van der Waals surface area contributed by atoms with Crippen molar-refractivity contribution in [1.82, 2.24) is 0 Å². The summed E-state index contributed by atoms with van der Waals surface area (Å²) in [5, 5.41) is 18.8. The van der Waals surface area contributed by atoms with E-state index in [0.717, 1.165) is 19.3 Å². The molecule has 14 heavy (non-hydrogen) atoms. The van der Waals surface area contributed by atoms with E-state index in [1.807, 2.05) is 6.08 Å². The van der Waals surface area contributed by atoms with Crippen molar-refractivity contribution < 1.29 is 10.2 Å². The minimum atomic E-state index is 0.0468. The molecule has 0 heterocycles. The molecule has 1 rings (SSSR count). The van der Waals surface area contributed by atoms with E-state index in [1.54, 1.807) is 6.08 Å². The number of hydrogen-bond acceptors (Lipinski definition) is 2. The summed E-state index contributed by atoms with van der Waals surface area (Å²) in [7, 11) is 0. The van der Waals surface area contributed by atoms with Gasteiger partial charge in [0, 0.05) is 6.42 Å². The van der Waals surface area contributed by atoms with Crippen molar-refractivity contribution >= 4 is 0 Å². The van der Waals surface area contributed by atoms with Gasteiger partial charge < -0.3 is 10.2 Å². The molecule has 0 aromatic rings. The Balaban J connectivity index is 2.50. The summed E-state index contributed by atoms with van der Waals surface area (Å²) in [6.07, 6.45) is 12.3. The molecule has 2 nitrogen and oxygen atoms in total. The fraction of sp³-hybridized carbons (Fsp3) is 0.667. The second-order valence-electron chi connectivity index (χ2n) is 3.89. The topological polar surface area (TPSA) is 40.5 Å². The van der Waals surface area contributed by atoms with Gasteiger partial charge >= 0.3 is 0 Å². The maximum absolute atomic E-state index is 9.44. The van der Waals surface area contributed by atoms with Crippen molar-refractivity contribution in [2.45, 2.75) is 51.4 Å². The lowest BCUT2D eigenvalue weighted by molar-refractivity contribution is 0.318. The molecule has 1 aliphatic carbocycles. The van der Waals surface area contributed by atoms with Crippen LogP contribution in [-0.4, -0.2) is 10.2 Å². The van der Waals surface area contributed by atoms with Crippen molar-refractivity contribution in [3.8, 4) is 0 Å². The van der Waals surface area contributed by atoms with Crippen molar-refractivity contribution in [2.75, 3.05) is 0 Å². The Kier molecular flexibility index (Phi) is 5.20. The smallest absolute Gasteiger partial charge is 0.152 e. The van der Waals surface area contributed by atoms with Gasteiger partial charge in [-0.1, -0.05) is 31.8 Å². The highest BCUT2D eigenvalue weighted by Gasteiger charge is 2.01. The summed E-state index contributed by atoms with van der Waals surface area (Å²) in [4.78, 5) is 0. The first-order valence-electron chi connectivity index (χ1n) is 5.58.